The molecule has 3 heteroatoms. The van der Waals surface area contributed by atoms with Crippen molar-refractivity contribution in [3.8, 4) is 5.75 Å². The Labute approximate surface area is 98.0 Å². The van der Waals surface area contributed by atoms with Crippen molar-refractivity contribution in [2.75, 3.05) is 25.5 Å². The minimum atomic E-state index is 0.493. The predicted molar refractivity (Wildman–Crippen MR) is 69.1 cm³/mol. The zero-order chi connectivity index (χ0) is 12.0. The van der Waals surface area contributed by atoms with Gasteiger partial charge in [-0.05, 0) is 42.6 Å². The maximum Gasteiger partial charge on any atom is 0.122 e. The van der Waals surface area contributed by atoms with Crippen LogP contribution in [-0.2, 0) is 6.42 Å². The van der Waals surface area contributed by atoms with Gasteiger partial charge >= 0.3 is 0 Å². The smallest absolute Gasteiger partial charge is 0.122 e. The molecule has 0 heterocycles. The maximum atomic E-state index is 5.58. The van der Waals surface area contributed by atoms with Crippen LogP contribution < -0.4 is 15.8 Å². The monoisotopic (exact) mass is 222 g/mol. The molecule has 1 atom stereocenters. The second-order valence-electron chi connectivity index (χ2n) is 4.10. The first-order chi connectivity index (χ1) is 7.71. The fourth-order valence-electron chi connectivity index (χ4n) is 1.54. The van der Waals surface area contributed by atoms with E-state index in [0.717, 1.165) is 24.4 Å². The van der Waals surface area contributed by atoms with E-state index in [0.29, 0.717) is 12.5 Å². The predicted octanol–water partition coefficient (Wildman–Crippen LogP) is 2.26. The van der Waals surface area contributed by atoms with Gasteiger partial charge in [0.15, 0.2) is 0 Å². The molecule has 0 fully saturated rings. The summed E-state index contributed by atoms with van der Waals surface area (Å²) in [5, 5.41) is 3.39. The summed E-state index contributed by atoms with van der Waals surface area (Å²) in [6.45, 7) is 5.89. The molecule has 90 valence electrons. The third kappa shape index (κ3) is 3.42. The largest absolute Gasteiger partial charge is 0.496 e. The summed E-state index contributed by atoms with van der Waals surface area (Å²) < 4.78 is 5.29. The third-order valence-electron chi connectivity index (χ3n) is 2.72. The molecule has 1 unspecified atom stereocenters. The number of nitrogens with one attached hydrogen (secondary N) is 1. The van der Waals surface area contributed by atoms with Gasteiger partial charge in [-0.3, -0.25) is 0 Å². The molecule has 0 saturated heterocycles. The van der Waals surface area contributed by atoms with Crippen LogP contribution in [0.2, 0.25) is 0 Å². The van der Waals surface area contributed by atoms with Crippen LogP contribution in [0.5, 0.6) is 5.75 Å². The SMILES string of the molecule is CCc1cc(NCC(C)CN)ccc1OC. The Bertz CT molecular complexity index is 326. The van der Waals surface area contributed by atoms with Crippen molar-refractivity contribution in [3.05, 3.63) is 23.8 Å². The molecule has 1 aromatic rings. The quantitative estimate of drug-likeness (QED) is 0.776. The van der Waals surface area contributed by atoms with E-state index in [9.17, 15) is 0 Å². The zero-order valence-corrected chi connectivity index (χ0v) is 10.4. The van der Waals surface area contributed by atoms with Crippen LogP contribution in [0.1, 0.15) is 19.4 Å². The van der Waals surface area contributed by atoms with Crippen LogP contribution in [0.4, 0.5) is 5.69 Å². The fraction of sp³-hybridized carbons (Fsp3) is 0.538. The first-order valence-electron chi connectivity index (χ1n) is 5.82. The molecular formula is C13H22N2O. The molecule has 0 aliphatic heterocycles. The third-order valence-corrected chi connectivity index (χ3v) is 2.72. The van der Waals surface area contributed by atoms with Gasteiger partial charge in [0, 0.05) is 12.2 Å². The van der Waals surface area contributed by atoms with Gasteiger partial charge < -0.3 is 15.8 Å². The van der Waals surface area contributed by atoms with E-state index in [1.165, 1.54) is 5.56 Å². The molecule has 0 aromatic heterocycles. The lowest BCUT2D eigenvalue weighted by Crippen LogP contribution is -2.19. The van der Waals surface area contributed by atoms with Crippen molar-refractivity contribution >= 4 is 5.69 Å². The molecule has 3 N–H and O–H groups in total. The zero-order valence-electron chi connectivity index (χ0n) is 10.4. The number of hydrogen-bond acceptors (Lipinski definition) is 3. The minimum absolute atomic E-state index is 0.493. The second kappa shape index (κ2) is 6.38. The van der Waals surface area contributed by atoms with E-state index in [1.54, 1.807) is 7.11 Å². The first-order valence-corrected chi connectivity index (χ1v) is 5.82. The second-order valence-corrected chi connectivity index (χ2v) is 4.10. The standard InChI is InChI=1S/C13H22N2O/c1-4-11-7-12(5-6-13(11)16-3)15-9-10(2)8-14/h5-7,10,15H,4,8-9,14H2,1-3H3. The Morgan fingerprint density at radius 1 is 1.44 bits per heavy atom. The molecule has 16 heavy (non-hydrogen) atoms. The molecular weight excluding hydrogens is 200 g/mol. The summed E-state index contributed by atoms with van der Waals surface area (Å²) in [5.41, 5.74) is 7.94. The normalized spacial score (nSPS) is 12.2. The van der Waals surface area contributed by atoms with Gasteiger partial charge in [0.2, 0.25) is 0 Å². The molecule has 1 aromatic carbocycles. The topological polar surface area (TPSA) is 47.3 Å². The van der Waals surface area contributed by atoms with Crippen molar-refractivity contribution in [3.63, 3.8) is 0 Å². The maximum absolute atomic E-state index is 5.58. The number of anilines is 1. The molecule has 0 radical (unpaired) electrons. The molecule has 0 aliphatic rings. The van der Waals surface area contributed by atoms with Crippen LogP contribution in [0.3, 0.4) is 0 Å². The lowest BCUT2D eigenvalue weighted by Gasteiger charge is -2.13. The average Bonchev–Trinajstić information content (AvgIpc) is 2.35. The van der Waals surface area contributed by atoms with E-state index in [-0.39, 0.29) is 0 Å². The van der Waals surface area contributed by atoms with E-state index < -0.39 is 0 Å². The summed E-state index contributed by atoms with van der Waals surface area (Å²) >= 11 is 0. The van der Waals surface area contributed by atoms with Crippen molar-refractivity contribution in [2.45, 2.75) is 20.3 Å². The Morgan fingerprint density at radius 3 is 2.75 bits per heavy atom. The Balaban J connectivity index is 2.67. The highest BCUT2D eigenvalue weighted by Gasteiger charge is 2.03. The van der Waals surface area contributed by atoms with Gasteiger partial charge in [0.25, 0.3) is 0 Å². The van der Waals surface area contributed by atoms with Crippen LogP contribution >= 0.6 is 0 Å². The molecule has 0 bridgehead atoms. The van der Waals surface area contributed by atoms with E-state index in [1.807, 2.05) is 12.1 Å². The summed E-state index contributed by atoms with van der Waals surface area (Å²) in [6.07, 6.45) is 0.977. The van der Waals surface area contributed by atoms with E-state index >= 15 is 0 Å². The summed E-state index contributed by atoms with van der Waals surface area (Å²) in [6, 6.07) is 6.19. The van der Waals surface area contributed by atoms with Crippen molar-refractivity contribution < 1.29 is 4.74 Å². The Kier molecular flexibility index (Phi) is 5.12. The van der Waals surface area contributed by atoms with Gasteiger partial charge in [-0.1, -0.05) is 13.8 Å². The first kappa shape index (κ1) is 12.8. The van der Waals surface area contributed by atoms with E-state index in [2.05, 4.69) is 25.2 Å². The number of hydrogen-bond donors (Lipinski definition) is 2. The lowest BCUT2D eigenvalue weighted by atomic mass is 10.1. The van der Waals surface area contributed by atoms with Gasteiger partial charge in [-0.2, -0.15) is 0 Å². The Morgan fingerprint density at radius 2 is 2.19 bits per heavy atom. The summed E-state index contributed by atoms with van der Waals surface area (Å²) in [5.74, 6) is 1.45. The number of rotatable bonds is 6. The summed E-state index contributed by atoms with van der Waals surface area (Å²) in [4.78, 5) is 0. The lowest BCUT2D eigenvalue weighted by molar-refractivity contribution is 0.410. The highest BCUT2D eigenvalue weighted by Crippen LogP contribution is 2.23. The van der Waals surface area contributed by atoms with Gasteiger partial charge in [0.05, 0.1) is 7.11 Å². The summed E-state index contributed by atoms with van der Waals surface area (Å²) in [7, 11) is 1.71. The number of ether oxygens (including phenoxy) is 1. The average molecular weight is 222 g/mol. The van der Waals surface area contributed by atoms with Gasteiger partial charge in [-0.25, -0.2) is 0 Å². The Hall–Kier alpha value is -1.22. The van der Waals surface area contributed by atoms with Crippen LogP contribution in [0, 0.1) is 5.92 Å². The van der Waals surface area contributed by atoms with Gasteiger partial charge in [-0.15, -0.1) is 0 Å². The van der Waals surface area contributed by atoms with Crippen LogP contribution in [-0.4, -0.2) is 20.2 Å². The van der Waals surface area contributed by atoms with E-state index in [4.69, 9.17) is 10.5 Å². The van der Waals surface area contributed by atoms with Crippen molar-refractivity contribution in [1.29, 1.82) is 0 Å². The number of methoxy groups -OCH3 is 1. The van der Waals surface area contributed by atoms with Gasteiger partial charge in [0.1, 0.15) is 5.75 Å². The van der Waals surface area contributed by atoms with Crippen molar-refractivity contribution in [1.82, 2.24) is 0 Å². The molecule has 0 amide bonds. The highest BCUT2D eigenvalue weighted by molar-refractivity contribution is 5.51. The number of aryl methyl sites for hydroxylation is 1. The molecule has 0 spiro atoms. The number of nitrogens with two attached hydrogens (primary N) is 1. The molecule has 0 saturated carbocycles. The molecule has 1 rings (SSSR count). The van der Waals surface area contributed by atoms with Crippen molar-refractivity contribution in [2.24, 2.45) is 11.7 Å². The highest BCUT2D eigenvalue weighted by atomic mass is 16.5. The fourth-order valence-corrected chi connectivity index (χ4v) is 1.54. The van der Waals surface area contributed by atoms with Crippen LogP contribution in [0.25, 0.3) is 0 Å². The number of benzene rings is 1. The van der Waals surface area contributed by atoms with Crippen LogP contribution in [0.15, 0.2) is 18.2 Å². The molecule has 3 nitrogen and oxygen atoms in total. The minimum Gasteiger partial charge on any atom is -0.496 e. The molecule has 0 aliphatic carbocycles.